The summed E-state index contributed by atoms with van der Waals surface area (Å²) in [5.41, 5.74) is 1.96. The van der Waals surface area contributed by atoms with Crippen LogP contribution in [0.5, 0.6) is 17.2 Å². The van der Waals surface area contributed by atoms with E-state index in [1.165, 1.54) is 6.07 Å². The largest absolute Gasteiger partial charge is 0.493 e. The predicted octanol–water partition coefficient (Wildman–Crippen LogP) is 3.49. The van der Waals surface area contributed by atoms with Crippen molar-refractivity contribution >= 4 is 16.9 Å². The maximum absolute atomic E-state index is 13.4. The fourth-order valence-corrected chi connectivity index (χ4v) is 4.80. The molecule has 178 valence electrons. The Hall–Kier alpha value is -3.52. The first-order valence-corrected chi connectivity index (χ1v) is 11.4. The topological polar surface area (TPSA) is 87.4 Å². The maximum atomic E-state index is 13.4. The lowest BCUT2D eigenvalue weighted by molar-refractivity contribution is -0.144. The normalized spacial score (nSPS) is 19.6. The van der Waals surface area contributed by atoms with Gasteiger partial charge in [0.2, 0.25) is 0 Å². The summed E-state index contributed by atoms with van der Waals surface area (Å²) < 4.78 is 28.2. The van der Waals surface area contributed by atoms with E-state index in [0.29, 0.717) is 54.2 Å². The van der Waals surface area contributed by atoms with Crippen LogP contribution in [0.15, 0.2) is 51.7 Å². The molecule has 2 aliphatic rings. The second-order valence-electron chi connectivity index (χ2n) is 8.44. The van der Waals surface area contributed by atoms with Crippen molar-refractivity contribution in [1.82, 2.24) is 4.90 Å². The number of nitrogens with zero attached hydrogens (tertiary/aromatic N) is 1. The first-order chi connectivity index (χ1) is 16.6. The quantitative estimate of drug-likeness (QED) is 0.515. The van der Waals surface area contributed by atoms with Crippen LogP contribution in [0.3, 0.4) is 0 Å². The van der Waals surface area contributed by atoms with E-state index in [2.05, 4.69) is 0 Å². The van der Waals surface area contributed by atoms with Crippen molar-refractivity contribution in [3.05, 3.63) is 64.0 Å². The summed E-state index contributed by atoms with van der Waals surface area (Å²) in [6.45, 7) is 1.29. The van der Waals surface area contributed by atoms with Crippen LogP contribution < -0.4 is 19.8 Å². The van der Waals surface area contributed by atoms with Gasteiger partial charge in [0.05, 0.1) is 31.7 Å². The molecule has 2 aliphatic heterocycles. The Morgan fingerprint density at radius 3 is 2.65 bits per heavy atom. The van der Waals surface area contributed by atoms with E-state index in [1.54, 1.807) is 26.4 Å². The summed E-state index contributed by atoms with van der Waals surface area (Å²) >= 11 is 0. The Labute approximate surface area is 197 Å². The van der Waals surface area contributed by atoms with Gasteiger partial charge in [0.25, 0.3) is 5.91 Å². The van der Waals surface area contributed by atoms with Crippen LogP contribution in [-0.2, 0) is 16.0 Å². The highest BCUT2D eigenvalue weighted by atomic mass is 16.5. The Balaban J connectivity index is 1.52. The molecule has 1 aromatic heterocycles. The molecule has 0 saturated carbocycles. The Morgan fingerprint density at radius 1 is 1.09 bits per heavy atom. The minimum atomic E-state index is -0.489. The third-order valence-electron chi connectivity index (χ3n) is 6.50. The number of carbonyl (C=O) groups excluding carboxylic acids is 1. The van der Waals surface area contributed by atoms with Gasteiger partial charge in [0.1, 0.15) is 24.0 Å². The fraction of sp³-hybridized carbons (Fsp3) is 0.385. The second kappa shape index (κ2) is 9.38. The van der Waals surface area contributed by atoms with Gasteiger partial charge in [-0.05, 0) is 54.7 Å². The van der Waals surface area contributed by atoms with Gasteiger partial charge in [-0.2, -0.15) is 0 Å². The van der Waals surface area contributed by atoms with Crippen molar-refractivity contribution in [3.63, 3.8) is 0 Å². The van der Waals surface area contributed by atoms with Gasteiger partial charge < -0.3 is 28.3 Å². The van der Waals surface area contributed by atoms with Gasteiger partial charge in [0.15, 0.2) is 11.5 Å². The van der Waals surface area contributed by atoms with Crippen LogP contribution in [0.4, 0.5) is 0 Å². The van der Waals surface area contributed by atoms with Gasteiger partial charge >= 0.3 is 5.63 Å². The van der Waals surface area contributed by atoms with E-state index >= 15 is 0 Å². The van der Waals surface area contributed by atoms with Gasteiger partial charge in [-0.1, -0.05) is 12.1 Å². The third-order valence-corrected chi connectivity index (χ3v) is 6.50. The molecule has 3 aromatic rings. The maximum Gasteiger partial charge on any atom is 0.339 e. The average molecular weight is 466 g/mol. The van der Waals surface area contributed by atoms with E-state index in [1.807, 2.05) is 29.2 Å². The number of amides is 1. The molecule has 5 rings (SSSR count). The first kappa shape index (κ1) is 22.3. The van der Waals surface area contributed by atoms with Crippen LogP contribution in [0.1, 0.15) is 30.0 Å². The summed E-state index contributed by atoms with van der Waals surface area (Å²) in [4.78, 5) is 27.3. The van der Waals surface area contributed by atoms with Crippen LogP contribution in [0, 0.1) is 0 Å². The van der Waals surface area contributed by atoms with Gasteiger partial charge in [-0.25, -0.2) is 4.79 Å². The van der Waals surface area contributed by atoms with Crippen molar-refractivity contribution in [3.8, 4) is 17.2 Å². The molecule has 0 aliphatic carbocycles. The number of hydrogen-bond donors (Lipinski definition) is 0. The molecule has 8 heteroatoms. The smallest absolute Gasteiger partial charge is 0.339 e. The van der Waals surface area contributed by atoms with Crippen molar-refractivity contribution in [2.24, 2.45) is 0 Å². The zero-order valence-electron chi connectivity index (χ0n) is 19.2. The summed E-state index contributed by atoms with van der Waals surface area (Å²) in [7, 11) is 3.19. The highest BCUT2D eigenvalue weighted by molar-refractivity contribution is 5.83. The van der Waals surface area contributed by atoms with E-state index in [-0.39, 0.29) is 18.6 Å². The number of ether oxygens (including phenoxy) is 4. The minimum Gasteiger partial charge on any atom is -0.493 e. The molecular formula is C26H27NO7. The van der Waals surface area contributed by atoms with E-state index in [0.717, 1.165) is 17.5 Å². The van der Waals surface area contributed by atoms with Gasteiger partial charge in [-0.3, -0.25) is 4.79 Å². The monoisotopic (exact) mass is 465 g/mol. The van der Waals surface area contributed by atoms with Crippen LogP contribution in [-0.4, -0.2) is 50.9 Å². The summed E-state index contributed by atoms with van der Waals surface area (Å²) in [6.07, 6.45) is 1.83. The number of rotatable bonds is 6. The molecule has 1 saturated heterocycles. The molecule has 3 heterocycles. The van der Waals surface area contributed by atoms with Crippen LogP contribution >= 0.6 is 0 Å². The lowest BCUT2D eigenvalue weighted by atomic mass is 9.91. The molecule has 2 aromatic carbocycles. The van der Waals surface area contributed by atoms with E-state index in [9.17, 15) is 9.59 Å². The van der Waals surface area contributed by atoms with Gasteiger partial charge in [0, 0.05) is 13.2 Å². The van der Waals surface area contributed by atoms with Gasteiger partial charge in [-0.15, -0.1) is 0 Å². The highest BCUT2D eigenvalue weighted by Crippen LogP contribution is 2.39. The Morgan fingerprint density at radius 2 is 1.88 bits per heavy atom. The molecule has 1 amide bonds. The van der Waals surface area contributed by atoms with Crippen LogP contribution in [0.25, 0.3) is 11.0 Å². The zero-order valence-corrected chi connectivity index (χ0v) is 19.2. The SMILES string of the molecule is COc1cc2c(cc1OC)C(COc1cc(=O)oc3ccccc13)N(C(=O)C1CCCO1)CC2. The molecule has 0 radical (unpaired) electrons. The second-order valence-corrected chi connectivity index (χ2v) is 8.44. The zero-order chi connectivity index (χ0) is 23.7. The Bertz CT molecular complexity index is 1260. The molecule has 0 bridgehead atoms. The number of methoxy groups -OCH3 is 2. The number of benzene rings is 2. The van der Waals surface area contributed by atoms with Crippen molar-refractivity contribution in [2.45, 2.75) is 31.4 Å². The standard InChI is InChI=1S/C26H27NO7/c1-30-23-12-16-9-10-27(26(29)21-8-5-11-32-21)19(18(16)13-24(23)31-2)15-33-22-14-25(28)34-20-7-4-3-6-17(20)22/h3-4,6-7,12-14,19,21H,5,8-11,15H2,1-2H3. The molecule has 0 N–H and O–H groups in total. The summed E-state index contributed by atoms with van der Waals surface area (Å²) in [5, 5.41) is 0.697. The lowest BCUT2D eigenvalue weighted by Gasteiger charge is -2.38. The predicted molar refractivity (Wildman–Crippen MR) is 125 cm³/mol. The average Bonchev–Trinajstić information content (AvgIpc) is 3.40. The number of hydrogen-bond acceptors (Lipinski definition) is 7. The van der Waals surface area contributed by atoms with Crippen molar-refractivity contribution in [2.75, 3.05) is 34.0 Å². The van der Waals surface area contributed by atoms with E-state index in [4.69, 9.17) is 23.4 Å². The first-order valence-electron chi connectivity index (χ1n) is 11.4. The summed E-state index contributed by atoms with van der Waals surface area (Å²) in [5.74, 6) is 1.61. The van der Waals surface area contributed by atoms with Crippen molar-refractivity contribution < 1.29 is 28.2 Å². The minimum absolute atomic E-state index is 0.0380. The fourth-order valence-electron chi connectivity index (χ4n) is 4.80. The third kappa shape index (κ3) is 4.09. The lowest BCUT2D eigenvalue weighted by Crippen LogP contribution is -2.46. The van der Waals surface area contributed by atoms with Crippen molar-refractivity contribution in [1.29, 1.82) is 0 Å². The summed E-state index contributed by atoms with van der Waals surface area (Å²) in [6, 6.07) is 12.0. The number of para-hydroxylation sites is 1. The van der Waals surface area contributed by atoms with E-state index < -0.39 is 11.7 Å². The molecule has 34 heavy (non-hydrogen) atoms. The molecule has 2 unspecified atom stereocenters. The molecule has 1 fully saturated rings. The molecule has 0 spiro atoms. The molecule has 2 atom stereocenters. The highest BCUT2D eigenvalue weighted by Gasteiger charge is 2.37. The number of fused-ring (bicyclic) bond motifs is 2. The molecular weight excluding hydrogens is 438 g/mol. The molecule has 8 nitrogen and oxygen atoms in total. The van der Waals surface area contributed by atoms with Crippen LogP contribution in [0.2, 0.25) is 0 Å². The Kier molecular flexibility index (Phi) is 6.15. The number of carbonyl (C=O) groups is 1.